The maximum absolute atomic E-state index is 12.2. The van der Waals surface area contributed by atoms with Gasteiger partial charge in [-0.25, -0.2) is 4.79 Å². The molecule has 0 rings (SSSR count). The fourth-order valence-corrected chi connectivity index (χ4v) is 1.50. The molecule has 0 atom stereocenters. The highest BCUT2D eigenvalue weighted by molar-refractivity contribution is 5.77. The molecule has 0 spiro atoms. The molecule has 0 aliphatic heterocycles. The summed E-state index contributed by atoms with van der Waals surface area (Å²) < 4.78 is 5.41. The molecule has 6 nitrogen and oxygen atoms in total. The summed E-state index contributed by atoms with van der Waals surface area (Å²) in [4.78, 5) is 24.9. The molecule has 20 heavy (non-hydrogen) atoms. The highest BCUT2D eigenvalue weighted by Crippen LogP contribution is 2.17. The second kappa shape index (κ2) is 7.47. The second-order valence-corrected chi connectivity index (χ2v) is 6.65. The van der Waals surface area contributed by atoms with Crippen molar-refractivity contribution >= 4 is 12.0 Å². The van der Waals surface area contributed by atoms with Gasteiger partial charge in [0.1, 0.15) is 5.60 Å². The van der Waals surface area contributed by atoms with Gasteiger partial charge in [-0.1, -0.05) is 0 Å². The molecule has 0 aromatic carbocycles. The molecule has 0 bridgehead atoms. The summed E-state index contributed by atoms with van der Waals surface area (Å²) in [6.45, 7) is 12.6. The van der Waals surface area contributed by atoms with E-state index in [0.717, 1.165) is 0 Å². The molecule has 0 unspecified atom stereocenters. The number of carbonyl (C=O) groups is 2. The SMILES string of the molecule is CNC(=O)CNCCN(C(=O)OC(C)(C)C)C(C)(C)C. The molecule has 0 fully saturated rings. The summed E-state index contributed by atoms with van der Waals surface area (Å²) in [6.07, 6.45) is -0.341. The van der Waals surface area contributed by atoms with E-state index >= 15 is 0 Å². The Morgan fingerprint density at radius 2 is 1.65 bits per heavy atom. The Balaban J connectivity index is 4.45. The first-order valence-corrected chi connectivity index (χ1v) is 6.89. The minimum Gasteiger partial charge on any atom is -0.444 e. The first-order chi connectivity index (χ1) is 8.97. The van der Waals surface area contributed by atoms with Crippen LogP contribution in [0.3, 0.4) is 0 Å². The lowest BCUT2D eigenvalue weighted by molar-refractivity contribution is -0.119. The van der Waals surface area contributed by atoms with Crippen molar-refractivity contribution in [2.45, 2.75) is 52.7 Å². The summed E-state index contributed by atoms with van der Waals surface area (Å²) in [5.41, 5.74) is -0.854. The Morgan fingerprint density at radius 1 is 1.10 bits per heavy atom. The van der Waals surface area contributed by atoms with Gasteiger partial charge in [0, 0.05) is 25.7 Å². The average Bonchev–Trinajstić information content (AvgIpc) is 2.23. The van der Waals surface area contributed by atoms with E-state index in [9.17, 15) is 9.59 Å². The topological polar surface area (TPSA) is 70.7 Å². The third kappa shape index (κ3) is 7.99. The van der Waals surface area contributed by atoms with Gasteiger partial charge in [0.05, 0.1) is 6.54 Å². The molecule has 0 radical (unpaired) electrons. The average molecular weight is 287 g/mol. The summed E-state index contributed by atoms with van der Waals surface area (Å²) in [5.74, 6) is -0.0791. The molecule has 0 aromatic heterocycles. The van der Waals surface area contributed by atoms with Gasteiger partial charge >= 0.3 is 6.09 Å². The van der Waals surface area contributed by atoms with Crippen molar-refractivity contribution in [2.75, 3.05) is 26.7 Å². The Hall–Kier alpha value is -1.30. The second-order valence-electron chi connectivity index (χ2n) is 6.65. The minimum absolute atomic E-state index is 0.0791. The van der Waals surface area contributed by atoms with Gasteiger partial charge in [0.2, 0.25) is 5.91 Å². The molecule has 118 valence electrons. The van der Waals surface area contributed by atoms with E-state index in [0.29, 0.717) is 13.1 Å². The van der Waals surface area contributed by atoms with E-state index < -0.39 is 5.60 Å². The molecule has 6 heteroatoms. The summed E-state index contributed by atoms with van der Waals surface area (Å²) >= 11 is 0. The largest absolute Gasteiger partial charge is 0.444 e. The van der Waals surface area contributed by atoms with Crippen LogP contribution < -0.4 is 10.6 Å². The monoisotopic (exact) mass is 287 g/mol. The minimum atomic E-state index is -0.518. The van der Waals surface area contributed by atoms with Crippen LogP contribution in [-0.4, -0.2) is 54.7 Å². The Bertz CT molecular complexity index is 330. The molecule has 0 heterocycles. The van der Waals surface area contributed by atoms with Crippen molar-refractivity contribution in [3.05, 3.63) is 0 Å². The van der Waals surface area contributed by atoms with Crippen LogP contribution in [0.2, 0.25) is 0 Å². The molecular formula is C14H29N3O3. The molecule has 0 aromatic rings. The number of nitrogens with zero attached hydrogens (tertiary/aromatic N) is 1. The van der Waals surface area contributed by atoms with Crippen LogP contribution >= 0.6 is 0 Å². The lowest BCUT2D eigenvalue weighted by atomic mass is 10.1. The van der Waals surface area contributed by atoms with E-state index in [-0.39, 0.29) is 24.1 Å². The predicted octanol–water partition coefficient (Wildman–Crippen LogP) is 1.36. The Kier molecular flexibility index (Phi) is 6.99. The highest BCUT2D eigenvalue weighted by atomic mass is 16.6. The Morgan fingerprint density at radius 3 is 2.05 bits per heavy atom. The summed E-state index contributed by atoms with van der Waals surface area (Å²) in [7, 11) is 1.59. The van der Waals surface area contributed by atoms with Gasteiger partial charge in [0.25, 0.3) is 0 Å². The van der Waals surface area contributed by atoms with Crippen LogP contribution in [0.25, 0.3) is 0 Å². The van der Waals surface area contributed by atoms with Crippen LogP contribution in [0.1, 0.15) is 41.5 Å². The van der Waals surface area contributed by atoms with Crippen molar-refractivity contribution in [1.82, 2.24) is 15.5 Å². The number of hydrogen-bond donors (Lipinski definition) is 2. The van der Waals surface area contributed by atoms with E-state index in [4.69, 9.17) is 4.74 Å². The van der Waals surface area contributed by atoms with Gasteiger partial charge in [-0.15, -0.1) is 0 Å². The molecule has 0 aliphatic carbocycles. The van der Waals surface area contributed by atoms with Gasteiger partial charge in [-0.05, 0) is 41.5 Å². The molecule has 0 aliphatic rings. The van der Waals surface area contributed by atoms with Crippen molar-refractivity contribution < 1.29 is 14.3 Å². The zero-order chi connectivity index (χ0) is 16.0. The first kappa shape index (κ1) is 18.7. The van der Waals surface area contributed by atoms with Gasteiger partial charge in [-0.2, -0.15) is 0 Å². The number of ether oxygens (including phenoxy) is 1. The predicted molar refractivity (Wildman–Crippen MR) is 79.6 cm³/mol. The van der Waals surface area contributed by atoms with Crippen LogP contribution in [0.15, 0.2) is 0 Å². The Labute approximate surface area is 122 Å². The van der Waals surface area contributed by atoms with E-state index in [2.05, 4.69) is 10.6 Å². The zero-order valence-corrected chi connectivity index (χ0v) is 13.8. The number of hydrogen-bond acceptors (Lipinski definition) is 4. The van der Waals surface area contributed by atoms with Gasteiger partial charge < -0.3 is 20.3 Å². The number of likely N-dealkylation sites (N-methyl/N-ethyl adjacent to an activating group) is 1. The first-order valence-electron chi connectivity index (χ1n) is 6.89. The third-order valence-corrected chi connectivity index (χ3v) is 2.50. The molecule has 0 saturated carbocycles. The molecule has 0 saturated heterocycles. The van der Waals surface area contributed by atoms with Crippen molar-refractivity contribution in [3.8, 4) is 0 Å². The number of nitrogens with one attached hydrogen (secondary N) is 2. The fourth-order valence-electron chi connectivity index (χ4n) is 1.50. The number of rotatable bonds is 5. The number of amides is 2. The maximum Gasteiger partial charge on any atom is 0.410 e. The lowest BCUT2D eigenvalue weighted by Gasteiger charge is -2.36. The van der Waals surface area contributed by atoms with Crippen LogP contribution in [0, 0.1) is 0 Å². The maximum atomic E-state index is 12.2. The number of carbonyl (C=O) groups excluding carboxylic acids is 2. The van der Waals surface area contributed by atoms with Crippen LogP contribution in [0.4, 0.5) is 4.79 Å². The zero-order valence-electron chi connectivity index (χ0n) is 13.8. The smallest absolute Gasteiger partial charge is 0.410 e. The van der Waals surface area contributed by atoms with Crippen LogP contribution in [0.5, 0.6) is 0 Å². The van der Waals surface area contributed by atoms with E-state index in [1.807, 2.05) is 41.5 Å². The van der Waals surface area contributed by atoms with Crippen molar-refractivity contribution in [1.29, 1.82) is 0 Å². The van der Waals surface area contributed by atoms with Crippen molar-refractivity contribution in [2.24, 2.45) is 0 Å². The highest BCUT2D eigenvalue weighted by Gasteiger charge is 2.30. The van der Waals surface area contributed by atoms with Crippen LogP contribution in [-0.2, 0) is 9.53 Å². The normalized spacial score (nSPS) is 11.9. The van der Waals surface area contributed by atoms with E-state index in [1.54, 1.807) is 11.9 Å². The molecule has 2 N–H and O–H groups in total. The van der Waals surface area contributed by atoms with Crippen molar-refractivity contribution in [3.63, 3.8) is 0 Å². The summed E-state index contributed by atoms with van der Waals surface area (Å²) in [5, 5.41) is 5.53. The summed E-state index contributed by atoms with van der Waals surface area (Å²) in [6, 6.07) is 0. The molecule has 2 amide bonds. The molecular weight excluding hydrogens is 258 g/mol. The standard InChI is InChI=1S/C14H29N3O3/c1-13(2,3)17(12(19)20-14(4,5)6)9-8-16-10-11(18)15-7/h16H,8-10H2,1-7H3,(H,15,18). The van der Waals surface area contributed by atoms with E-state index in [1.165, 1.54) is 0 Å². The lowest BCUT2D eigenvalue weighted by Crippen LogP contribution is -2.50. The quantitative estimate of drug-likeness (QED) is 0.749. The van der Waals surface area contributed by atoms with Gasteiger partial charge in [-0.3, -0.25) is 4.79 Å². The third-order valence-electron chi connectivity index (χ3n) is 2.50. The van der Waals surface area contributed by atoms with Gasteiger partial charge in [0.15, 0.2) is 0 Å². The fraction of sp³-hybridized carbons (Fsp3) is 0.857.